The van der Waals surface area contributed by atoms with Gasteiger partial charge in [-0.1, -0.05) is 12.1 Å². The number of benzene rings is 1. The Bertz CT molecular complexity index is 608. The lowest BCUT2D eigenvalue weighted by molar-refractivity contribution is 0.0945. The number of carbonyl (C=O) groups excluding carboxylic acids is 1. The summed E-state index contributed by atoms with van der Waals surface area (Å²) in [7, 11) is 0. The van der Waals surface area contributed by atoms with Crippen LogP contribution in [0.25, 0.3) is 0 Å². The topological polar surface area (TPSA) is 64.1 Å². The molecule has 1 N–H and O–H groups in total. The third-order valence-corrected chi connectivity index (χ3v) is 3.78. The first-order chi connectivity index (χ1) is 10.8. The number of rotatable bonds is 5. The summed E-state index contributed by atoms with van der Waals surface area (Å²) in [6, 6.07) is 7.87. The Morgan fingerprint density at radius 3 is 2.64 bits per heavy atom. The Morgan fingerprint density at radius 2 is 1.95 bits per heavy atom. The molecule has 3 rings (SSSR count). The molecule has 1 aliphatic carbocycles. The van der Waals surface area contributed by atoms with E-state index in [1.807, 2.05) is 24.3 Å². The van der Waals surface area contributed by atoms with Gasteiger partial charge in [-0.25, -0.2) is 4.98 Å². The van der Waals surface area contributed by atoms with E-state index in [1.165, 1.54) is 25.2 Å². The lowest BCUT2D eigenvalue weighted by Crippen LogP contribution is -2.23. The van der Waals surface area contributed by atoms with E-state index in [9.17, 15) is 4.79 Å². The Labute approximate surface area is 129 Å². The quantitative estimate of drug-likeness (QED) is 0.921. The highest BCUT2D eigenvalue weighted by Gasteiger charge is 2.16. The monoisotopic (exact) mass is 297 g/mol. The third kappa shape index (κ3) is 3.81. The van der Waals surface area contributed by atoms with Gasteiger partial charge in [0.1, 0.15) is 11.4 Å². The van der Waals surface area contributed by atoms with Crippen molar-refractivity contribution in [2.75, 3.05) is 0 Å². The maximum atomic E-state index is 11.9. The van der Waals surface area contributed by atoms with Crippen LogP contribution in [0, 0.1) is 0 Å². The van der Waals surface area contributed by atoms with Crippen molar-refractivity contribution in [2.24, 2.45) is 0 Å². The number of carbonyl (C=O) groups is 1. The fourth-order valence-corrected chi connectivity index (χ4v) is 2.57. The van der Waals surface area contributed by atoms with E-state index in [0.717, 1.165) is 24.2 Å². The van der Waals surface area contributed by atoms with E-state index in [-0.39, 0.29) is 5.91 Å². The molecule has 0 radical (unpaired) electrons. The molecule has 1 aromatic carbocycles. The third-order valence-electron chi connectivity index (χ3n) is 3.78. The van der Waals surface area contributed by atoms with Gasteiger partial charge in [-0.3, -0.25) is 9.78 Å². The lowest BCUT2D eigenvalue weighted by Gasteiger charge is -2.13. The summed E-state index contributed by atoms with van der Waals surface area (Å²) in [4.78, 5) is 19.7. The van der Waals surface area contributed by atoms with Gasteiger partial charge in [-0.05, 0) is 43.4 Å². The fourth-order valence-electron chi connectivity index (χ4n) is 2.57. The minimum Gasteiger partial charge on any atom is -0.490 e. The van der Waals surface area contributed by atoms with E-state index in [4.69, 9.17) is 4.74 Å². The van der Waals surface area contributed by atoms with Crippen molar-refractivity contribution in [1.82, 2.24) is 15.3 Å². The Morgan fingerprint density at radius 1 is 1.18 bits per heavy atom. The molecule has 0 bridgehead atoms. The molecule has 1 amide bonds. The van der Waals surface area contributed by atoms with E-state index >= 15 is 0 Å². The average Bonchev–Trinajstić information content (AvgIpc) is 3.08. The van der Waals surface area contributed by atoms with Crippen molar-refractivity contribution >= 4 is 5.91 Å². The smallest absolute Gasteiger partial charge is 0.271 e. The summed E-state index contributed by atoms with van der Waals surface area (Å²) in [6.45, 7) is 0.457. The van der Waals surface area contributed by atoms with Gasteiger partial charge >= 0.3 is 0 Å². The molecular weight excluding hydrogens is 278 g/mol. The van der Waals surface area contributed by atoms with Crippen molar-refractivity contribution in [3.8, 4) is 5.75 Å². The van der Waals surface area contributed by atoms with Gasteiger partial charge in [0.25, 0.3) is 5.91 Å². The number of nitrogens with zero attached hydrogens (tertiary/aromatic N) is 2. The van der Waals surface area contributed by atoms with Crippen LogP contribution in [0.2, 0.25) is 0 Å². The second kappa shape index (κ2) is 7.02. The first-order valence-corrected chi connectivity index (χ1v) is 7.61. The largest absolute Gasteiger partial charge is 0.490 e. The molecule has 1 aliphatic rings. The van der Waals surface area contributed by atoms with Crippen molar-refractivity contribution in [1.29, 1.82) is 0 Å². The molecule has 114 valence electrons. The van der Waals surface area contributed by atoms with Crippen LogP contribution in [0.4, 0.5) is 0 Å². The highest BCUT2D eigenvalue weighted by Crippen LogP contribution is 2.24. The Hall–Kier alpha value is -2.43. The minimum atomic E-state index is -0.223. The van der Waals surface area contributed by atoms with Gasteiger partial charge in [-0.15, -0.1) is 0 Å². The van der Waals surface area contributed by atoms with Crippen molar-refractivity contribution in [3.63, 3.8) is 0 Å². The molecule has 5 heteroatoms. The minimum absolute atomic E-state index is 0.223. The zero-order chi connectivity index (χ0) is 15.2. The summed E-state index contributed by atoms with van der Waals surface area (Å²) in [5.74, 6) is 0.676. The van der Waals surface area contributed by atoms with Crippen molar-refractivity contribution in [2.45, 2.75) is 38.3 Å². The van der Waals surface area contributed by atoms with Crippen molar-refractivity contribution < 1.29 is 9.53 Å². The molecule has 2 aromatic rings. The molecule has 0 atom stereocenters. The molecule has 1 aromatic heterocycles. The zero-order valence-electron chi connectivity index (χ0n) is 12.4. The Balaban J connectivity index is 1.51. The molecule has 1 heterocycles. The molecule has 0 saturated heterocycles. The SMILES string of the molecule is O=C(NCc1ccc(OC2CCCC2)cc1)c1cnccn1. The van der Waals surface area contributed by atoms with Gasteiger partial charge in [-0.2, -0.15) is 0 Å². The highest BCUT2D eigenvalue weighted by atomic mass is 16.5. The van der Waals surface area contributed by atoms with Crippen LogP contribution in [-0.4, -0.2) is 22.0 Å². The summed E-state index contributed by atoms with van der Waals surface area (Å²) < 4.78 is 5.92. The van der Waals surface area contributed by atoms with Gasteiger partial charge in [0.2, 0.25) is 0 Å². The molecule has 1 saturated carbocycles. The molecule has 0 spiro atoms. The van der Waals surface area contributed by atoms with Crippen LogP contribution in [0.5, 0.6) is 5.75 Å². The summed E-state index contributed by atoms with van der Waals surface area (Å²) in [6.07, 6.45) is 9.68. The first kappa shape index (κ1) is 14.5. The normalized spacial score (nSPS) is 14.7. The molecule has 0 aliphatic heterocycles. The van der Waals surface area contributed by atoms with Crippen LogP contribution < -0.4 is 10.1 Å². The molecule has 5 nitrogen and oxygen atoms in total. The van der Waals surface area contributed by atoms with E-state index < -0.39 is 0 Å². The first-order valence-electron chi connectivity index (χ1n) is 7.61. The summed E-state index contributed by atoms with van der Waals surface area (Å²) in [5.41, 5.74) is 1.35. The van der Waals surface area contributed by atoms with Gasteiger partial charge in [0.15, 0.2) is 0 Å². The van der Waals surface area contributed by atoms with Gasteiger partial charge in [0.05, 0.1) is 12.3 Å². The predicted octanol–water partition coefficient (Wildman–Crippen LogP) is 2.73. The summed E-state index contributed by atoms with van der Waals surface area (Å²) >= 11 is 0. The van der Waals surface area contributed by atoms with Gasteiger partial charge in [0, 0.05) is 18.9 Å². The van der Waals surface area contributed by atoms with Crippen molar-refractivity contribution in [3.05, 3.63) is 54.1 Å². The second-order valence-electron chi connectivity index (χ2n) is 5.44. The highest BCUT2D eigenvalue weighted by molar-refractivity contribution is 5.91. The maximum Gasteiger partial charge on any atom is 0.271 e. The average molecular weight is 297 g/mol. The van der Waals surface area contributed by atoms with Crippen LogP contribution >= 0.6 is 0 Å². The van der Waals surface area contributed by atoms with Gasteiger partial charge < -0.3 is 10.1 Å². The number of aromatic nitrogens is 2. The molecular formula is C17H19N3O2. The number of hydrogen-bond acceptors (Lipinski definition) is 4. The maximum absolute atomic E-state index is 11.9. The van der Waals surface area contributed by atoms with E-state index in [1.54, 1.807) is 6.20 Å². The van der Waals surface area contributed by atoms with Crippen LogP contribution in [0.15, 0.2) is 42.9 Å². The molecule has 1 fully saturated rings. The van der Waals surface area contributed by atoms with Crippen LogP contribution in [0.3, 0.4) is 0 Å². The number of hydrogen-bond donors (Lipinski definition) is 1. The number of ether oxygens (including phenoxy) is 1. The predicted molar refractivity (Wildman–Crippen MR) is 82.5 cm³/mol. The van der Waals surface area contributed by atoms with Crippen LogP contribution in [-0.2, 0) is 6.54 Å². The Kier molecular flexibility index (Phi) is 4.63. The fraction of sp³-hybridized carbons (Fsp3) is 0.353. The number of amides is 1. The molecule has 22 heavy (non-hydrogen) atoms. The molecule has 0 unspecified atom stereocenters. The van der Waals surface area contributed by atoms with E-state index in [2.05, 4.69) is 15.3 Å². The summed E-state index contributed by atoms with van der Waals surface area (Å²) in [5, 5.41) is 2.83. The second-order valence-corrected chi connectivity index (χ2v) is 5.44. The lowest BCUT2D eigenvalue weighted by atomic mass is 10.2. The van der Waals surface area contributed by atoms with Crippen LogP contribution in [0.1, 0.15) is 41.7 Å². The van der Waals surface area contributed by atoms with E-state index in [0.29, 0.717) is 18.3 Å². The zero-order valence-corrected chi connectivity index (χ0v) is 12.4. The number of nitrogens with one attached hydrogen (secondary N) is 1. The standard InChI is InChI=1S/C17H19N3O2/c21-17(16-12-18-9-10-19-16)20-11-13-5-7-15(8-6-13)22-14-3-1-2-4-14/h5-10,12,14H,1-4,11H2,(H,20,21).